The van der Waals surface area contributed by atoms with Crippen molar-refractivity contribution in [2.75, 3.05) is 5.32 Å². The number of rotatable bonds is 2. The molecule has 0 aliphatic carbocycles. The van der Waals surface area contributed by atoms with Crippen LogP contribution in [0.2, 0.25) is 0 Å². The van der Waals surface area contributed by atoms with Crippen LogP contribution >= 0.6 is 0 Å². The number of alkyl halides is 3. The molecule has 1 heterocycles. The van der Waals surface area contributed by atoms with Crippen LogP contribution in [-0.4, -0.2) is 5.91 Å². The van der Waals surface area contributed by atoms with Crippen molar-refractivity contribution in [3.05, 3.63) is 40.2 Å². The average molecular weight is 299 g/mol. The molecule has 0 aliphatic rings. The lowest BCUT2D eigenvalue weighted by atomic mass is 10.1. The molecular weight excluding hydrogens is 287 g/mol. The molecule has 0 aliphatic heterocycles. The maximum absolute atomic E-state index is 12.5. The monoisotopic (exact) mass is 299 g/mol. The minimum Gasteiger partial charge on any atom is -0.451 e. The second kappa shape index (κ2) is 5.23. The third kappa shape index (κ3) is 3.24. The van der Waals surface area contributed by atoms with E-state index in [0.29, 0.717) is 11.8 Å². The van der Waals surface area contributed by atoms with E-state index in [1.807, 2.05) is 0 Å². The Balaban J connectivity index is 2.48. The van der Waals surface area contributed by atoms with Crippen LogP contribution in [0.4, 0.5) is 18.9 Å². The van der Waals surface area contributed by atoms with Gasteiger partial charge in [-0.1, -0.05) is 13.8 Å². The molecule has 1 N–H and O–H groups in total. The van der Waals surface area contributed by atoms with E-state index in [0.717, 1.165) is 0 Å². The van der Waals surface area contributed by atoms with Gasteiger partial charge in [-0.25, -0.2) is 0 Å². The van der Waals surface area contributed by atoms with Gasteiger partial charge in [0.05, 0.1) is 5.39 Å². The smallest absolute Gasteiger partial charge is 0.449 e. The molecule has 0 bridgehead atoms. The van der Waals surface area contributed by atoms with Gasteiger partial charge in [-0.2, -0.15) is 13.2 Å². The molecule has 0 saturated carbocycles. The topological polar surface area (TPSA) is 59.3 Å². The Bertz CT molecular complexity index is 747. The molecule has 0 saturated heterocycles. The van der Waals surface area contributed by atoms with Crippen LogP contribution in [-0.2, 0) is 11.0 Å². The van der Waals surface area contributed by atoms with Crippen LogP contribution in [0.1, 0.15) is 19.6 Å². The molecule has 4 nitrogen and oxygen atoms in total. The number of benzene rings is 1. The molecule has 1 aromatic carbocycles. The van der Waals surface area contributed by atoms with Crippen molar-refractivity contribution in [2.24, 2.45) is 5.92 Å². The first kappa shape index (κ1) is 15.1. The summed E-state index contributed by atoms with van der Waals surface area (Å²) < 4.78 is 42.3. The van der Waals surface area contributed by atoms with Crippen LogP contribution < -0.4 is 10.7 Å². The summed E-state index contributed by atoms with van der Waals surface area (Å²) >= 11 is 0. The number of amides is 1. The lowest BCUT2D eigenvalue weighted by Crippen LogP contribution is -2.18. The molecule has 0 fully saturated rings. The van der Waals surface area contributed by atoms with Crippen molar-refractivity contribution in [3.63, 3.8) is 0 Å². The van der Waals surface area contributed by atoms with E-state index in [1.54, 1.807) is 13.8 Å². The molecule has 0 spiro atoms. The van der Waals surface area contributed by atoms with Gasteiger partial charge >= 0.3 is 6.18 Å². The molecule has 2 rings (SSSR count). The van der Waals surface area contributed by atoms with Crippen LogP contribution in [0.3, 0.4) is 0 Å². The molecule has 21 heavy (non-hydrogen) atoms. The Morgan fingerprint density at radius 3 is 2.48 bits per heavy atom. The highest BCUT2D eigenvalue weighted by molar-refractivity contribution is 5.94. The van der Waals surface area contributed by atoms with Gasteiger partial charge in [0.1, 0.15) is 5.58 Å². The van der Waals surface area contributed by atoms with Crippen LogP contribution in [0, 0.1) is 5.92 Å². The molecule has 7 heteroatoms. The molecule has 112 valence electrons. The zero-order valence-electron chi connectivity index (χ0n) is 11.2. The SMILES string of the molecule is CC(C)C(=O)Nc1ccc2oc(C(F)(F)F)cc(=O)c2c1. The Labute approximate surface area is 117 Å². The predicted octanol–water partition coefficient (Wildman–Crippen LogP) is 3.41. The fourth-order valence-electron chi connectivity index (χ4n) is 1.66. The highest BCUT2D eigenvalue weighted by Crippen LogP contribution is 2.30. The number of hydrogen-bond donors (Lipinski definition) is 1. The first-order valence-electron chi connectivity index (χ1n) is 6.14. The highest BCUT2D eigenvalue weighted by Gasteiger charge is 2.34. The fraction of sp³-hybridized carbons (Fsp3) is 0.286. The van der Waals surface area contributed by atoms with E-state index in [2.05, 4.69) is 9.73 Å². The van der Waals surface area contributed by atoms with Crippen LogP contribution in [0.15, 0.2) is 33.5 Å². The van der Waals surface area contributed by atoms with E-state index < -0.39 is 17.4 Å². The lowest BCUT2D eigenvalue weighted by molar-refractivity contribution is -0.152. The summed E-state index contributed by atoms with van der Waals surface area (Å²) in [4.78, 5) is 23.3. The molecule has 0 atom stereocenters. The van der Waals surface area contributed by atoms with Gasteiger partial charge in [0.2, 0.25) is 11.7 Å². The number of hydrogen-bond acceptors (Lipinski definition) is 3. The van der Waals surface area contributed by atoms with Crippen molar-refractivity contribution in [3.8, 4) is 0 Å². The van der Waals surface area contributed by atoms with Gasteiger partial charge in [0.25, 0.3) is 0 Å². The standard InChI is InChI=1S/C14H12F3NO3/c1-7(2)13(20)18-8-3-4-11-9(5-8)10(19)6-12(21-11)14(15,16)17/h3-7H,1-2H3,(H,18,20). The third-order valence-corrected chi connectivity index (χ3v) is 2.80. The summed E-state index contributed by atoms with van der Waals surface area (Å²) in [7, 11) is 0. The number of nitrogens with one attached hydrogen (secondary N) is 1. The maximum atomic E-state index is 12.5. The first-order chi connectivity index (χ1) is 9.68. The Morgan fingerprint density at radius 1 is 1.24 bits per heavy atom. The highest BCUT2D eigenvalue weighted by atomic mass is 19.4. The average Bonchev–Trinajstić information content (AvgIpc) is 2.38. The predicted molar refractivity (Wildman–Crippen MR) is 71.0 cm³/mol. The zero-order valence-corrected chi connectivity index (χ0v) is 11.2. The van der Waals surface area contributed by atoms with Crippen molar-refractivity contribution < 1.29 is 22.4 Å². The normalized spacial score (nSPS) is 11.9. The molecule has 1 amide bonds. The molecule has 1 aromatic heterocycles. The number of halogens is 3. The summed E-state index contributed by atoms with van der Waals surface area (Å²) in [5.41, 5.74) is -0.671. The fourth-order valence-corrected chi connectivity index (χ4v) is 1.66. The van der Waals surface area contributed by atoms with Crippen LogP contribution in [0.25, 0.3) is 11.0 Å². The van der Waals surface area contributed by atoms with E-state index in [1.165, 1.54) is 18.2 Å². The first-order valence-corrected chi connectivity index (χ1v) is 6.14. The number of anilines is 1. The molecule has 0 radical (unpaired) electrons. The molecular formula is C14H12F3NO3. The summed E-state index contributed by atoms with van der Waals surface area (Å²) in [5, 5.41) is 2.54. The van der Waals surface area contributed by atoms with Crippen molar-refractivity contribution in [1.29, 1.82) is 0 Å². The summed E-state index contributed by atoms with van der Waals surface area (Å²) in [6.07, 6.45) is -4.72. The lowest BCUT2D eigenvalue weighted by Gasteiger charge is -2.09. The van der Waals surface area contributed by atoms with Gasteiger partial charge in [0, 0.05) is 17.7 Å². The number of carbonyl (C=O) groups is 1. The Hall–Kier alpha value is -2.31. The minimum atomic E-state index is -4.72. The van der Waals surface area contributed by atoms with Crippen molar-refractivity contribution >= 4 is 22.6 Å². The largest absolute Gasteiger partial charge is 0.451 e. The summed E-state index contributed by atoms with van der Waals surface area (Å²) in [6.45, 7) is 3.39. The molecule has 0 unspecified atom stereocenters. The zero-order chi connectivity index (χ0) is 15.8. The number of fused-ring (bicyclic) bond motifs is 1. The summed E-state index contributed by atoms with van der Waals surface area (Å²) in [5.74, 6) is -1.87. The third-order valence-electron chi connectivity index (χ3n) is 2.80. The number of carbonyl (C=O) groups excluding carboxylic acids is 1. The molecule has 2 aromatic rings. The van der Waals surface area contributed by atoms with Gasteiger partial charge in [0.15, 0.2) is 5.43 Å². The second-order valence-corrected chi connectivity index (χ2v) is 4.83. The Kier molecular flexibility index (Phi) is 3.76. The minimum absolute atomic E-state index is 0.0236. The summed E-state index contributed by atoms with van der Waals surface area (Å²) in [6, 6.07) is 4.30. The van der Waals surface area contributed by atoms with E-state index in [9.17, 15) is 22.8 Å². The van der Waals surface area contributed by atoms with Crippen molar-refractivity contribution in [1.82, 2.24) is 0 Å². The van der Waals surface area contributed by atoms with Gasteiger partial charge in [-0.05, 0) is 18.2 Å². The van der Waals surface area contributed by atoms with Gasteiger partial charge in [-0.15, -0.1) is 0 Å². The van der Waals surface area contributed by atoms with E-state index in [4.69, 9.17) is 0 Å². The van der Waals surface area contributed by atoms with Gasteiger partial charge < -0.3 is 9.73 Å². The second-order valence-electron chi connectivity index (χ2n) is 4.83. The van der Waals surface area contributed by atoms with Crippen LogP contribution in [0.5, 0.6) is 0 Å². The van der Waals surface area contributed by atoms with E-state index >= 15 is 0 Å². The maximum Gasteiger partial charge on any atom is 0.449 e. The quantitative estimate of drug-likeness (QED) is 0.924. The van der Waals surface area contributed by atoms with Crippen molar-refractivity contribution in [2.45, 2.75) is 20.0 Å². The van der Waals surface area contributed by atoms with E-state index in [-0.39, 0.29) is 22.8 Å². The Morgan fingerprint density at radius 2 is 1.90 bits per heavy atom. The van der Waals surface area contributed by atoms with Gasteiger partial charge in [-0.3, -0.25) is 9.59 Å².